The van der Waals surface area contributed by atoms with Gasteiger partial charge in [0.1, 0.15) is 18.3 Å². The van der Waals surface area contributed by atoms with Gasteiger partial charge in [-0.1, -0.05) is 152 Å². The van der Waals surface area contributed by atoms with Crippen LogP contribution in [0.5, 0.6) is 0 Å². The fourth-order valence-electron chi connectivity index (χ4n) is 9.26. The predicted octanol–water partition coefficient (Wildman–Crippen LogP) is 15.0. The number of nitriles is 1. The van der Waals surface area contributed by atoms with Gasteiger partial charge in [0.2, 0.25) is 0 Å². The first-order valence-electron chi connectivity index (χ1n) is 28.3. The van der Waals surface area contributed by atoms with Crippen molar-refractivity contribution in [2.24, 2.45) is 5.92 Å². The molecule has 0 radical (unpaired) electrons. The summed E-state index contributed by atoms with van der Waals surface area (Å²) in [5.41, 5.74) is -1.09. The predicted molar refractivity (Wildman–Crippen MR) is 296 cm³/mol. The molecule has 1 aromatic heterocycles. The van der Waals surface area contributed by atoms with Crippen molar-refractivity contribution in [3.8, 4) is 6.07 Å². The molecule has 0 amide bonds. The Hall–Kier alpha value is -2.72. The third-order valence-corrected chi connectivity index (χ3v) is 15.3. The highest BCUT2D eigenvalue weighted by molar-refractivity contribution is 7.44. The molecule has 0 aromatic carbocycles. The number of methoxy groups -OCH3 is 1. The fraction of sp³-hybridized carbons (Fsp3) is 0.776. The normalized spacial score (nSPS) is 18.2. The van der Waals surface area contributed by atoms with Gasteiger partial charge in [0.25, 0.3) is 14.1 Å². The number of hydrogen-bond acceptors (Lipinski definition) is 10. The van der Waals surface area contributed by atoms with Crippen molar-refractivity contribution >= 4 is 8.53 Å². The number of hydroxylamine groups is 2. The molecule has 406 valence electrons. The number of aromatic nitrogens is 2. The molecule has 3 unspecified atom stereocenters. The lowest BCUT2D eigenvalue weighted by molar-refractivity contribution is -0.184. The number of nitrogens with one attached hydrogen (secondary N) is 1. The Morgan fingerprint density at radius 3 is 1.69 bits per heavy atom. The van der Waals surface area contributed by atoms with Crippen molar-refractivity contribution in [2.45, 2.75) is 252 Å². The third kappa shape index (κ3) is 29.7. The monoisotopic (exact) mass is 1010 g/mol. The van der Waals surface area contributed by atoms with Crippen LogP contribution >= 0.6 is 8.53 Å². The maximum absolute atomic E-state index is 13.1. The molecule has 12 nitrogen and oxygen atoms in total. The van der Waals surface area contributed by atoms with Gasteiger partial charge in [0.15, 0.2) is 6.23 Å². The second-order valence-corrected chi connectivity index (χ2v) is 21.5. The minimum Gasteiger partial charge on any atom is -0.374 e. The maximum Gasteiger partial charge on any atom is 0.330 e. The SMILES string of the molecule is CCCCC/C=C\C/C=C\CCCCCCCCC(CCCCCCCC/C=C\C/C=C\CCCCC)CN(C)OC[C@H]1O[C@@H](n2ccc(=O)[nH]c2=O)C(OC)C1OP(OCCC#N)N(C(C)C)C(C)C. The van der Waals surface area contributed by atoms with Gasteiger partial charge in [0, 0.05) is 45.0 Å². The summed E-state index contributed by atoms with van der Waals surface area (Å²) >= 11 is 0. The van der Waals surface area contributed by atoms with E-state index in [1.54, 1.807) is 7.11 Å². The van der Waals surface area contributed by atoms with Gasteiger partial charge < -0.3 is 18.5 Å². The highest BCUT2D eigenvalue weighted by Gasteiger charge is 2.50. The number of rotatable bonds is 45. The molecule has 1 fully saturated rings. The van der Waals surface area contributed by atoms with Crippen LogP contribution in [0.3, 0.4) is 0 Å². The van der Waals surface area contributed by atoms with Crippen LogP contribution in [0.1, 0.15) is 221 Å². The molecule has 0 saturated carbocycles. The van der Waals surface area contributed by atoms with E-state index in [4.69, 9.17) is 23.4 Å². The quantitative estimate of drug-likeness (QED) is 0.0291. The first-order chi connectivity index (χ1) is 34.6. The molecule has 0 bridgehead atoms. The summed E-state index contributed by atoms with van der Waals surface area (Å²) < 4.78 is 29.3. The first kappa shape index (κ1) is 64.4. The Morgan fingerprint density at radius 2 is 1.23 bits per heavy atom. The van der Waals surface area contributed by atoms with Crippen LogP contribution in [-0.2, 0) is 23.4 Å². The van der Waals surface area contributed by atoms with Gasteiger partial charge in [-0.05, 0) is 111 Å². The fourth-order valence-corrected chi connectivity index (χ4v) is 11.0. The lowest BCUT2D eigenvalue weighted by Gasteiger charge is -2.38. The lowest BCUT2D eigenvalue weighted by atomic mass is 9.94. The second-order valence-electron chi connectivity index (χ2n) is 20.1. The molecule has 1 saturated heterocycles. The molecule has 2 rings (SSSR count). The molecule has 1 aliphatic rings. The number of unbranched alkanes of at least 4 members (excludes halogenated alkanes) is 18. The van der Waals surface area contributed by atoms with Crippen LogP contribution in [0, 0.1) is 17.2 Å². The number of H-pyrrole nitrogens is 1. The maximum atomic E-state index is 13.1. The number of ether oxygens (including phenoxy) is 2. The minimum atomic E-state index is -1.67. The van der Waals surface area contributed by atoms with Crippen LogP contribution in [-0.4, -0.2) is 83.6 Å². The van der Waals surface area contributed by atoms with Gasteiger partial charge >= 0.3 is 5.69 Å². The van der Waals surface area contributed by atoms with Crippen molar-refractivity contribution in [1.29, 1.82) is 5.26 Å². The zero-order valence-electron chi connectivity index (χ0n) is 46.1. The van der Waals surface area contributed by atoms with E-state index < -0.39 is 44.3 Å². The Morgan fingerprint density at radius 1 is 0.732 bits per heavy atom. The third-order valence-electron chi connectivity index (χ3n) is 13.2. The van der Waals surface area contributed by atoms with Gasteiger partial charge in [-0.15, -0.1) is 0 Å². The molecule has 2 heterocycles. The molecule has 0 aliphatic carbocycles. The average molecular weight is 1010 g/mol. The molecule has 1 N–H and O–H groups in total. The molecule has 0 spiro atoms. The summed E-state index contributed by atoms with van der Waals surface area (Å²) in [4.78, 5) is 34.0. The summed E-state index contributed by atoms with van der Waals surface area (Å²) in [6.07, 6.45) is 49.6. The van der Waals surface area contributed by atoms with Gasteiger partial charge in [-0.3, -0.25) is 19.2 Å². The van der Waals surface area contributed by atoms with E-state index in [0.717, 1.165) is 19.4 Å². The molecule has 1 aromatic rings. The lowest BCUT2D eigenvalue weighted by Crippen LogP contribution is -2.42. The smallest absolute Gasteiger partial charge is 0.330 e. The van der Waals surface area contributed by atoms with E-state index in [9.17, 15) is 14.9 Å². The molecule has 5 atom stereocenters. The largest absolute Gasteiger partial charge is 0.374 e. The average Bonchev–Trinajstić information content (AvgIpc) is 3.68. The van der Waals surface area contributed by atoms with Gasteiger partial charge in [-0.2, -0.15) is 10.3 Å². The minimum absolute atomic E-state index is 0.0802. The van der Waals surface area contributed by atoms with Crippen LogP contribution in [0.2, 0.25) is 0 Å². The summed E-state index contributed by atoms with van der Waals surface area (Å²) in [6.45, 7) is 14.0. The van der Waals surface area contributed by atoms with Crippen LogP contribution in [0.4, 0.5) is 0 Å². The van der Waals surface area contributed by atoms with Crippen molar-refractivity contribution in [3.63, 3.8) is 0 Å². The van der Waals surface area contributed by atoms with Crippen molar-refractivity contribution in [3.05, 3.63) is 81.7 Å². The summed E-state index contributed by atoms with van der Waals surface area (Å²) in [5.74, 6) is 0.499. The molecule has 71 heavy (non-hydrogen) atoms. The zero-order chi connectivity index (χ0) is 51.7. The summed E-state index contributed by atoms with van der Waals surface area (Å²) in [7, 11) is 1.90. The number of allylic oxidation sites excluding steroid dienone is 8. The number of hydrogen-bond donors (Lipinski definition) is 1. The molecular formula is C58H102N5O7P. The van der Waals surface area contributed by atoms with Gasteiger partial charge in [0.05, 0.1) is 25.7 Å². The van der Waals surface area contributed by atoms with E-state index in [0.29, 0.717) is 5.92 Å². The van der Waals surface area contributed by atoms with Crippen LogP contribution in [0.15, 0.2) is 70.5 Å². The van der Waals surface area contributed by atoms with Gasteiger partial charge in [-0.25, -0.2) is 9.46 Å². The van der Waals surface area contributed by atoms with E-state index in [1.807, 2.05) is 12.1 Å². The van der Waals surface area contributed by atoms with Crippen molar-refractivity contribution < 1.29 is 23.4 Å². The van der Waals surface area contributed by atoms with E-state index in [-0.39, 0.29) is 31.7 Å². The zero-order valence-corrected chi connectivity index (χ0v) is 47.0. The Bertz CT molecular complexity index is 1670. The highest BCUT2D eigenvalue weighted by atomic mass is 31.2. The van der Waals surface area contributed by atoms with Crippen LogP contribution in [0.25, 0.3) is 0 Å². The molecular weight excluding hydrogens is 910 g/mol. The van der Waals surface area contributed by atoms with E-state index >= 15 is 0 Å². The number of aromatic amines is 1. The van der Waals surface area contributed by atoms with E-state index in [2.05, 4.69) is 106 Å². The Labute approximate surface area is 434 Å². The molecule has 13 heteroatoms. The second kappa shape index (κ2) is 42.6. The summed E-state index contributed by atoms with van der Waals surface area (Å²) in [6, 6.07) is 3.63. The number of nitrogens with zero attached hydrogens (tertiary/aromatic N) is 4. The van der Waals surface area contributed by atoms with Crippen molar-refractivity contribution in [1.82, 2.24) is 19.3 Å². The van der Waals surface area contributed by atoms with Crippen LogP contribution < -0.4 is 11.2 Å². The van der Waals surface area contributed by atoms with E-state index in [1.165, 1.54) is 171 Å². The summed E-state index contributed by atoms with van der Waals surface area (Å²) in [5, 5.41) is 11.3. The Kier molecular flexibility index (Phi) is 38.7. The highest BCUT2D eigenvalue weighted by Crippen LogP contribution is 2.50. The van der Waals surface area contributed by atoms with Crippen molar-refractivity contribution in [2.75, 3.05) is 33.9 Å². The topological polar surface area (TPSA) is 131 Å². The molecule has 1 aliphatic heterocycles. The Balaban J connectivity index is 2.04. The first-order valence-corrected chi connectivity index (χ1v) is 29.4. The standard InChI is InChI=1S/C58H102N5O7P/c1-9-11-13-15-17-19-21-23-25-27-29-31-33-35-37-39-42-52(43-40-38-36-34-32-30-28-26-24-22-20-18-16-14-12-10-2)48-61(7)67-49-53-55(70-71(68-47-41-45-59)63(50(3)4)51(5)6)56(66-8)57(69-53)62-46-44-54(64)60-58(62)65/h17-20,23-26,44,46,50-53,55-57H,9-16,21-22,27-43,47-49H2,1-8H3,(H,60,64,65)/b19-17-,20-18-,25-23-,26-24-/t53-,55?,56?,57-,71?/m1/s1.